The van der Waals surface area contributed by atoms with Crippen LogP contribution in [0.1, 0.15) is 42.5 Å². The second-order valence-electron chi connectivity index (χ2n) is 6.56. The van der Waals surface area contributed by atoms with Crippen LogP contribution in [-0.2, 0) is 14.8 Å². The Labute approximate surface area is 143 Å². The summed E-state index contributed by atoms with van der Waals surface area (Å²) in [5.74, 6) is -0.00365. The van der Waals surface area contributed by atoms with Gasteiger partial charge in [0.15, 0.2) is 0 Å². The number of ether oxygens (including phenoxy) is 1. The van der Waals surface area contributed by atoms with Gasteiger partial charge in [-0.3, -0.25) is 4.79 Å². The number of nitrogens with one attached hydrogen (secondary N) is 2. The molecule has 3 rings (SSSR count). The van der Waals surface area contributed by atoms with Gasteiger partial charge in [-0.25, -0.2) is 13.1 Å². The molecular formula is C17H24N2O4S. The molecule has 7 heteroatoms. The zero-order chi connectivity index (χ0) is 17.0. The standard InChI is InChI=1S/C17H24N2O4S/c20-17(19-15-6-2-7-15)14-5-1-8-16(10-14)24(21,22)18-11-13-4-3-9-23-12-13/h1,5,8,10,13,15,18H,2-4,6-7,9,11-12H2,(H,19,20)/t13-/m1/s1. The van der Waals surface area contributed by atoms with Crippen LogP contribution in [0.5, 0.6) is 0 Å². The molecule has 1 aromatic carbocycles. The van der Waals surface area contributed by atoms with Gasteiger partial charge in [0.1, 0.15) is 0 Å². The van der Waals surface area contributed by atoms with E-state index in [4.69, 9.17) is 4.74 Å². The molecule has 1 aliphatic carbocycles. The van der Waals surface area contributed by atoms with Crippen LogP contribution >= 0.6 is 0 Å². The molecule has 2 aliphatic rings. The fourth-order valence-corrected chi connectivity index (χ4v) is 4.07. The summed E-state index contributed by atoms with van der Waals surface area (Å²) in [6, 6.07) is 6.42. The molecule has 1 aromatic rings. The molecule has 0 bridgehead atoms. The van der Waals surface area contributed by atoms with Crippen LogP contribution in [-0.4, -0.2) is 40.1 Å². The van der Waals surface area contributed by atoms with E-state index in [1.807, 2.05) is 0 Å². The third-order valence-corrected chi connectivity index (χ3v) is 6.08. The molecule has 1 heterocycles. The largest absolute Gasteiger partial charge is 0.381 e. The highest BCUT2D eigenvalue weighted by molar-refractivity contribution is 7.89. The number of carbonyl (C=O) groups excluding carboxylic acids is 1. The lowest BCUT2D eigenvalue weighted by molar-refractivity contribution is 0.0568. The van der Waals surface area contributed by atoms with Gasteiger partial charge in [0.25, 0.3) is 5.91 Å². The molecule has 6 nitrogen and oxygen atoms in total. The number of rotatable bonds is 6. The van der Waals surface area contributed by atoms with E-state index in [1.165, 1.54) is 12.1 Å². The summed E-state index contributed by atoms with van der Waals surface area (Å²) in [6.45, 7) is 1.70. The maximum absolute atomic E-state index is 12.5. The SMILES string of the molecule is O=C(NC1CCC1)c1cccc(S(=O)(=O)NC[C@H]2CCCOC2)c1. The number of hydrogen-bond acceptors (Lipinski definition) is 4. The summed E-state index contributed by atoms with van der Waals surface area (Å²) in [7, 11) is -3.62. The molecule has 2 fully saturated rings. The van der Waals surface area contributed by atoms with Gasteiger partial charge >= 0.3 is 0 Å². The predicted octanol–water partition coefficient (Wildman–Crippen LogP) is 1.67. The topological polar surface area (TPSA) is 84.5 Å². The second kappa shape index (κ2) is 7.63. The quantitative estimate of drug-likeness (QED) is 0.816. The minimum atomic E-state index is -3.62. The first kappa shape index (κ1) is 17.4. The van der Waals surface area contributed by atoms with Crippen molar-refractivity contribution in [2.24, 2.45) is 5.92 Å². The number of sulfonamides is 1. The molecule has 1 saturated carbocycles. The van der Waals surface area contributed by atoms with Crippen LogP contribution in [0.25, 0.3) is 0 Å². The van der Waals surface area contributed by atoms with Crippen molar-refractivity contribution in [1.29, 1.82) is 0 Å². The Morgan fingerprint density at radius 1 is 1.21 bits per heavy atom. The maximum atomic E-state index is 12.5. The maximum Gasteiger partial charge on any atom is 0.251 e. The molecule has 1 atom stereocenters. The van der Waals surface area contributed by atoms with Gasteiger partial charge in [0.2, 0.25) is 10.0 Å². The van der Waals surface area contributed by atoms with Crippen LogP contribution in [0.2, 0.25) is 0 Å². The van der Waals surface area contributed by atoms with Crippen LogP contribution in [0.15, 0.2) is 29.2 Å². The minimum Gasteiger partial charge on any atom is -0.381 e. The monoisotopic (exact) mass is 352 g/mol. The molecule has 1 amide bonds. The lowest BCUT2D eigenvalue weighted by Crippen LogP contribution is -2.39. The summed E-state index contributed by atoms with van der Waals surface area (Å²) in [5, 5.41) is 2.92. The van der Waals surface area contributed by atoms with Crippen molar-refractivity contribution in [3.05, 3.63) is 29.8 Å². The van der Waals surface area contributed by atoms with Crippen molar-refractivity contribution < 1.29 is 17.9 Å². The van der Waals surface area contributed by atoms with Crippen molar-refractivity contribution in [3.63, 3.8) is 0 Å². The molecular weight excluding hydrogens is 328 g/mol. The minimum absolute atomic E-state index is 0.125. The molecule has 1 saturated heterocycles. The summed E-state index contributed by atoms with van der Waals surface area (Å²) >= 11 is 0. The van der Waals surface area contributed by atoms with Crippen LogP contribution in [0.4, 0.5) is 0 Å². The Bertz CT molecular complexity index is 680. The normalized spacial score (nSPS) is 21.9. The van der Waals surface area contributed by atoms with Crippen molar-refractivity contribution in [1.82, 2.24) is 10.0 Å². The van der Waals surface area contributed by atoms with Gasteiger partial charge in [-0.2, -0.15) is 0 Å². The van der Waals surface area contributed by atoms with E-state index in [0.29, 0.717) is 18.7 Å². The first-order valence-electron chi connectivity index (χ1n) is 8.53. The predicted molar refractivity (Wildman–Crippen MR) is 90.3 cm³/mol. The smallest absolute Gasteiger partial charge is 0.251 e. The van der Waals surface area contributed by atoms with Gasteiger partial charge in [0.05, 0.1) is 11.5 Å². The fourth-order valence-electron chi connectivity index (χ4n) is 2.91. The molecule has 132 valence electrons. The zero-order valence-corrected chi connectivity index (χ0v) is 14.5. The number of amides is 1. The average Bonchev–Trinajstić information content (AvgIpc) is 2.57. The molecule has 1 aliphatic heterocycles. The van der Waals surface area contributed by atoms with E-state index >= 15 is 0 Å². The molecule has 0 unspecified atom stereocenters. The number of hydrogen-bond donors (Lipinski definition) is 2. The summed E-state index contributed by atoms with van der Waals surface area (Å²) in [6.07, 6.45) is 5.05. The number of benzene rings is 1. The van der Waals surface area contributed by atoms with Crippen molar-refractivity contribution >= 4 is 15.9 Å². The Morgan fingerprint density at radius 2 is 2.04 bits per heavy atom. The third kappa shape index (κ3) is 4.34. The molecule has 0 radical (unpaired) electrons. The van der Waals surface area contributed by atoms with E-state index in [1.54, 1.807) is 12.1 Å². The van der Waals surface area contributed by atoms with Crippen LogP contribution in [0.3, 0.4) is 0 Å². The Hall–Kier alpha value is -1.44. The molecule has 2 N–H and O–H groups in total. The summed E-state index contributed by atoms with van der Waals surface area (Å²) < 4.78 is 32.9. The van der Waals surface area contributed by atoms with E-state index in [0.717, 1.165) is 38.7 Å². The van der Waals surface area contributed by atoms with Gasteiger partial charge in [-0.1, -0.05) is 6.07 Å². The van der Waals surface area contributed by atoms with E-state index in [-0.39, 0.29) is 22.8 Å². The summed E-state index contributed by atoms with van der Waals surface area (Å²) in [4.78, 5) is 12.3. The number of carbonyl (C=O) groups is 1. The van der Waals surface area contributed by atoms with E-state index < -0.39 is 10.0 Å². The third-order valence-electron chi connectivity index (χ3n) is 4.66. The van der Waals surface area contributed by atoms with E-state index in [9.17, 15) is 13.2 Å². The lowest BCUT2D eigenvalue weighted by atomic mass is 9.93. The van der Waals surface area contributed by atoms with Crippen LogP contribution in [0, 0.1) is 5.92 Å². The highest BCUT2D eigenvalue weighted by atomic mass is 32.2. The van der Waals surface area contributed by atoms with Crippen molar-refractivity contribution in [2.75, 3.05) is 19.8 Å². The van der Waals surface area contributed by atoms with Crippen molar-refractivity contribution in [2.45, 2.75) is 43.0 Å². The molecule has 0 spiro atoms. The van der Waals surface area contributed by atoms with Gasteiger partial charge < -0.3 is 10.1 Å². The molecule has 24 heavy (non-hydrogen) atoms. The first-order valence-corrected chi connectivity index (χ1v) is 10.0. The zero-order valence-electron chi connectivity index (χ0n) is 13.7. The Morgan fingerprint density at radius 3 is 2.71 bits per heavy atom. The fraction of sp³-hybridized carbons (Fsp3) is 0.588. The Kier molecular flexibility index (Phi) is 5.53. The first-order chi connectivity index (χ1) is 11.5. The molecule has 0 aromatic heterocycles. The van der Waals surface area contributed by atoms with Gasteiger partial charge in [-0.15, -0.1) is 0 Å². The summed E-state index contributed by atoms with van der Waals surface area (Å²) in [5.41, 5.74) is 0.380. The lowest BCUT2D eigenvalue weighted by Gasteiger charge is -2.26. The Balaban J connectivity index is 1.63. The van der Waals surface area contributed by atoms with Gasteiger partial charge in [0, 0.05) is 24.8 Å². The highest BCUT2D eigenvalue weighted by Gasteiger charge is 2.22. The van der Waals surface area contributed by atoms with Crippen LogP contribution < -0.4 is 10.0 Å². The average molecular weight is 352 g/mol. The van der Waals surface area contributed by atoms with Crippen molar-refractivity contribution in [3.8, 4) is 0 Å². The highest BCUT2D eigenvalue weighted by Crippen LogP contribution is 2.19. The van der Waals surface area contributed by atoms with E-state index in [2.05, 4.69) is 10.0 Å². The van der Waals surface area contributed by atoms with Gasteiger partial charge in [-0.05, 0) is 56.2 Å². The second-order valence-corrected chi connectivity index (χ2v) is 8.33.